The first-order valence-electron chi connectivity index (χ1n) is 9.02. The Morgan fingerprint density at radius 2 is 1.93 bits per heavy atom. The molecule has 5 nitrogen and oxygen atoms in total. The number of methoxy groups -OCH3 is 1. The Balaban J connectivity index is 2.29. The maximum atomic E-state index is 13.6. The largest absolute Gasteiger partial charge is 0.497 e. The Bertz CT molecular complexity index is 882. The maximum absolute atomic E-state index is 13.6. The van der Waals surface area contributed by atoms with Crippen molar-refractivity contribution >= 4 is 17.9 Å². The number of alkyl halides is 3. The summed E-state index contributed by atoms with van der Waals surface area (Å²) in [6, 6.07) is 10.5. The molecular weight excluding hydrogens is 383 g/mol. The zero-order chi connectivity index (χ0) is 21.6. The van der Waals surface area contributed by atoms with Crippen LogP contribution in [0.15, 0.2) is 47.5 Å². The minimum absolute atomic E-state index is 0.0504. The molecule has 1 amide bonds. The van der Waals surface area contributed by atoms with Crippen LogP contribution in [0.25, 0.3) is 0 Å². The molecule has 29 heavy (non-hydrogen) atoms. The quantitative estimate of drug-likeness (QED) is 0.377. The number of halogens is 3. The number of benzene rings is 2. The summed E-state index contributed by atoms with van der Waals surface area (Å²) in [6.45, 7) is 3.83. The second-order valence-electron chi connectivity index (χ2n) is 6.53. The molecule has 0 radical (unpaired) electrons. The first-order valence-corrected chi connectivity index (χ1v) is 9.02. The number of carbonyl (C=O) groups is 1. The molecule has 2 aromatic rings. The highest BCUT2D eigenvalue weighted by Crippen LogP contribution is 2.28. The number of aliphatic imine (C=N–C) groups is 1. The summed E-state index contributed by atoms with van der Waals surface area (Å²) in [4.78, 5) is 18.7. The van der Waals surface area contributed by atoms with E-state index in [-0.39, 0.29) is 10.5 Å². The number of carbonyl (C=O) groups excluding carboxylic acids is 1. The lowest BCUT2D eigenvalue weighted by Gasteiger charge is -2.25. The molecule has 8 heteroatoms. The van der Waals surface area contributed by atoms with Crippen molar-refractivity contribution in [3.05, 3.63) is 59.2 Å². The van der Waals surface area contributed by atoms with Crippen molar-refractivity contribution in [2.24, 2.45) is 4.99 Å². The molecule has 0 aliphatic carbocycles. The van der Waals surface area contributed by atoms with E-state index in [4.69, 9.17) is 4.74 Å². The van der Waals surface area contributed by atoms with Gasteiger partial charge in [0.2, 0.25) is 0 Å². The lowest BCUT2D eigenvalue weighted by Crippen LogP contribution is -2.42. The van der Waals surface area contributed by atoms with Crippen molar-refractivity contribution in [2.75, 3.05) is 20.7 Å². The van der Waals surface area contributed by atoms with Crippen LogP contribution in [0.5, 0.6) is 5.75 Å². The zero-order valence-electron chi connectivity index (χ0n) is 16.8. The van der Waals surface area contributed by atoms with Crippen LogP contribution >= 0.6 is 0 Å². The Kier molecular flexibility index (Phi) is 7.25. The van der Waals surface area contributed by atoms with E-state index < -0.39 is 18.8 Å². The first kappa shape index (κ1) is 22.3. The van der Waals surface area contributed by atoms with Crippen LogP contribution in [0.1, 0.15) is 28.4 Å². The number of nitrogens with zero attached hydrogens (tertiary/aromatic N) is 3. The third-order valence-electron chi connectivity index (χ3n) is 4.36. The van der Waals surface area contributed by atoms with E-state index in [1.54, 1.807) is 31.5 Å². The summed E-state index contributed by atoms with van der Waals surface area (Å²) in [7, 11) is 3.29. The fourth-order valence-electron chi connectivity index (χ4n) is 2.56. The van der Waals surface area contributed by atoms with E-state index in [2.05, 4.69) is 4.99 Å². The van der Waals surface area contributed by atoms with Gasteiger partial charge in [-0.1, -0.05) is 12.1 Å². The molecule has 0 atom stereocenters. The van der Waals surface area contributed by atoms with E-state index in [1.807, 2.05) is 18.9 Å². The highest BCUT2D eigenvalue weighted by molar-refractivity contribution is 5.95. The topological polar surface area (TPSA) is 45.1 Å². The summed E-state index contributed by atoms with van der Waals surface area (Å²) in [5, 5.41) is 0. The van der Waals surface area contributed by atoms with Gasteiger partial charge in [0.1, 0.15) is 5.75 Å². The van der Waals surface area contributed by atoms with E-state index >= 15 is 0 Å². The van der Waals surface area contributed by atoms with Crippen LogP contribution in [-0.2, 0) is 6.54 Å². The maximum Gasteiger partial charge on any atom is 0.487 e. The van der Waals surface area contributed by atoms with Gasteiger partial charge < -0.3 is 9.64 Å². The fraction of sp³-hybridized carbons (Fsp3) is 0.333. The van der Waals surface area contributed by atoms with Gasteiger partial charge in [-0.15, -0.1) is 13.2 Å². The summed E-state index contributed by atoms with van der Waals surface area (Å²) in [5.41, 5.74) is 1.47. The van der Waals surface area contributed by atoms with Gasteiger partial charge in [0.05, 0.1) is 25.7 Å². The standard InChI is InChI=1S/C21H24F3N3O2/c1-5-26(3)14-25-19-10-9-17(11-15(19)2)20(28)27(21(22,23)24)13-16-7-6-8-18(12-16)29-4/h6-12,14H,5,13H2,1-4H3. The fourth-order valence-corrected chi connectivity index (χ4v) is 2.56. The normalized spacial score (nSPS) is 11.6. The Morgan fingerprint density at radius 1 is 1.21 bits per heavy atom. The van der Waals surface area contributed by atoms with Gasteiger partial charge in [0.25, 0.3) is 5.91 Å². The third-order valence-corrected chi connectivity index (χ3v) is 4.36. The zero-order valence-corrected chi connectivity index (χ0v) is 16.8. The van der Waals surface area contributed by atoms with Crippen molar-refractivity contribution in [1.29, 1.82) is 0 Å². The lowest BCUT2D eigenvalue weighted by atomic mass is 10.1. The van der Waals surface area contributed by atoms with Gasteiger partial charge in [0.15, 0.2) is 0 Å². The van der Waals surface area contributed by atoms with Crippen LogP contribution in [0, 0.1) is 6.92 Å². The van der Waals surface area contributed by atoms with Crippen LogP contribution in [0.2, 0.25) is 0 Å². The van der Waals surface area contributed by atoms with Gasteiger partial charge in [-0.25, -0.2) is 9.89 Å². The number of hydrogen-bond acceptors (Lipinski definition) is 3. The summed E-state index contributed by atoms with van der Waals surface area (Å²) < 4.78 is 45.8. The second-order valence-corrected chi connectivity index (χ2v) is 6.53. The van der Waals surface area contributed by atoms with Crippen LogP contribution in [0.3, 0.4) is 0 Å². The summed E-state index contributed by atoms with van der Waals surface area (Å²) in [6.07, 6.45) is -3.19. The molecule has 0 fully saturated rings. The van der Waals surface area contributed by atoms with E-state index in [9.17, 15) is 18.0 Å². The third kappa shape index (κ3) is 5.97. The average molecular weight is 407 g/mol. The van der Waals surface area contributed by atoms with Crippen molar-refractivity contribution in [2.45, 2.75) is 26.7 Å². The molecule has 156 valence electrons. The number of hydrogen-bond donors (Lipinski definition) is 0. The van der Waals surface area contributed by atoms with E-state index in [0.717, 1.165) is 6.54 Å². The molecule has 0 aliphatic rings. The smallest absolute Gasteiger partial charge is 0.487 e. The molecule has 0 N–H and O–H groups in total. The molecule has 0 spiro atoms. The van der Waals surface area contributed by atoms with Crippen LogP contribution < -0.4 is 4.74 Å². The minimum atomic E-state index is -4.82. The monoisotopic (exact) mass is 407 g/mol. The Hall–Kier alpha value is -3.03. The number of rotatable bonds is 7. The van der Waals surface area contributed by atoms with Gasteiger partial charge >= 0.3 is 6.30 Å². The summed E-state index contributed by atoms with van der Waals surface area (Å²) in [5.74, 6) is -0.697. The molecule has 0 unspecified atom stereocenters. The number of aryl methyl sites for hydroxylation is 1. The lowest BCUT2D eigenvalue weighted by molar-refractivity contribution is -0.227. The average Bonchev–Trinajstić information content (AvgIpc) is 2.69. The Morgan fingerprint density at radius 3 is 2.52 bits per heavy atom. The Labute approximate surface area is 168 Å². The molecule has 2 rings (SSSR count). The van der Waals surface area contributed by atoms with Gasteiger partial charge in [-0.2, -0.15) is 0 Å². The molecular formula is C21H24F3N3O2. The van der Waals surface area contributed by atoms with Gasteiger partial charge in [0, 0.05) is 19.2 Å². The molecule has 0 aliphatic heterocycles. The van der Waals surface area contributed by atoms with Crippen molar-refractivity contribution in [3.8, 4) is 5.75 Å². The van der Waals surface area contributed by atoms with Crippen molar-refractivity contribution < 1.29 is 22.7 Å². The predicted octanol–water partition coefficient (Wildman–Crippen LogP) is 4.78. The molecule has 0 heterocycles. The highest BCUT2D eigenvalue weighted by atomic mass is 19.4. The van der Waals surface area contributed by atoms with Gasteiger partial charge in [-0.3, -0.25) is 4.79 Å². The molecule has 0 aromatic heterocycles. The van der Waals surface area contributed by atoms with E-state index in [0.29, 0.717) is 22.6 Å². The number of ether oxygens (including phenoxy) is 1. The molecule has 2 aromatic carbocycles. The molecule has 0 bridgehead atoms. The predicted molar refractivity (Wildman–Crippen MR) is 107 cm³/mol. The number of amides is 1. The van der Waals surface area contributed by atoms with Gasteiger partial charge in [-0.05, 0) is 55.3 Å². The van der Waals surface area contributed by atoms with Crippen LogP contribution in [0.4, 0.5) is 18.9 Å². The van der Waals surface area contributed by atoms with E-state index in [1.165, 1.54) is 31.4 Å². The van der Waals surface area contributed by atoms with Crippen molar-refractivity contribution in [1.82, 2.24) is 9.80 Å². The van der Waals surface area contributed by atoms with Crippen molar-refractivity contribution in [3.63, 3.8) is 0 Å². The summed E-state index contributed by atoms with van der Waals surface area (Å²) >= 11 is 0. The highest BCUT2D eigenvalue weighted by Gasteiger charge is 2.41. The SMILES string of the molecule is CCN(C)C=Nc1ccc(C(=O)N(Cc2cccc(OC)c2)C(F)(F)F)cc1C. The molecule has 0 saturated carbocycles. The second kappa shape index (κ2) is 9.45. The first-order chi connectivity index (χ1) is 13.7. The minimum Gasteiger partial charge on any atom is -0.497 e. The van der Waals surface area contributed by atoms with Crippen LogP contribution in [-0.4, -0.2) is 49.0 Å². The molecule has 0 saturated heterocycles.